The zero-order valence-electron chi connectivity index (χ0n) is 8.20. The first-order valence-electron chi connectivity index (χ1n) is 4.52. The van der Waals surface area contributed by atoms with Gasteiger partial charge in [0, 0.05) is 30.1 Å². The molecule has 0 radical (unpaired) electrons. The first-order chi connectivity index (χ1) is 6.18. The van der Waals surface area contributed by atoms with E-state index in [1.54, 1.807) is 0 Å². The van der Waals surface area contributed by atoms with E-state index in [1.165, 1.54) is 0 Å². The van der Waals surface area contributed by atoms with Crippen LogP contribution in [-0.4, -0.2) is 12.3 Å². The SMILES string of the molecule is C=C1/C=C\C(C)C=N/C=C\C(C)N1. The van der Waals surface area contributed by atoms with E-state index in [2.05, 4.69) is 36.8 Å². The summed E-state index contributed by atoms with van der Waals surface area (Å²) in [4.78, 5) is 4.16. The van der Waals surface area contributed by atoms with Crippen LogP contribution in [0, 0.1) is 5.92 Å². The number of allylic oxidation sites excluding steroid dienone is 2. The third-order valence-electron chi connectivity index (χ3n) is 1.80. The van der Waals surface area contributed by atoms with E-state index >= 15 is 0 Å². The van der Waals surface area contributed by atoms with Gasteiger partial charge in [0.15, 0.2) is 0 Å². The molecule has 2 unspecified atom stereocenters. The van der Waals surface area contributed by atoms with Crippen molar-refractivity contribution in [2.45, 2.75) is 19.9 Å². The highest BCUT2D eigenvalue weighted by atomic mass is 14.9. The second-order valence-electron chi connectivity index (χ2n) is 3.32. The first-order valence-corrected chi connectivity index (χ1v) is 4.52. The van der Waals surface area contributed by atoms with E-state index in [4.69, 9.17) is 0 Å². The van der Waals surface area contributed by atoms with Crippen LogP contribution in [0.3, 0.4) is 0 Å². The molecule has 2 atom stereocenters. The fourth-order valence-corrected chi connectivity index (χ4v) is 1.07. The molecule has 1 rings (SSSR count). The number of aliphatic imine (C=N–C) groups is 1. The van der Waals surface area contributed by atoms with Crippen molar-refractivity contribution in [1.82, 2.24) is 5.32 Å². The molecule has 70 valence electrons. The maximum absolute atomic E-state index is 4.16. The molecular formula is C11H16N2. The van der Waals surface area contributed by atoms with Crippen molar-refractivity contribution in [2.75, 3.05) is 0 Å². The van der Waals surface area contributed by atoms with Gasteiger partial charge in [-0.1, -0.05) is 19.6 Å². The summed E-state index contributed by atoms with van der Waals surface area (Å²) in [6.07, 6.45) is 9.81. The third-order valence-corrected chi connectivity index (χ3v) is 1.80. The van der Waals surface area contributed by atoms with Crippen LogP contribution in [0.25, 0.3) is 0 Å². The molecule has 1 N–H and O–H groups in total. The Balaban J connectivity index is 2.75. The van der Waals surface area contributed by atoms with Gasteiger partial charge in [0.25, 0.3) is 0 Å². The summed E-state index contributed by atoms with van der Waals surface area (Å²) < 4.78 is 0. The molecule has 0 spiro atoms. The van der Waals surface area contributed by atoms with Crippen molar-refractivity contribution < 1.29 is 0 Å². The maximum Gasteiger partial charge on any atom is 0.0433 e. The molecule has 2 heteroatoms. The molecule has 0 bridgehead atoms. The Morgan fingerprint density at radius 2 is 2.15 bits per heavy atom. The first kappa shape index (κ1) is 9.78. The quantitative estimate of drug-likeness (QED) is 0.601. The molecule has 0 aromatic heterocycles. The van der Waals surface area contributed by atoms with Crippen LogP contribution in [0.1, 0.15) is 13.8 Å². The molecule has 0 aromatic carbocycles. The minimum absolute atomic E-state index is 0.280. The molecule has 0 amide bonds. The average Bonchev–Trinajstić information content (AvgIpc) is 2.08. The fraction of sp³-hybridized carbons (Fsp3) is 0.364. The summed E-state index contributed by atoms with van der Waals surface area (Å²) in [5, 5.41) is 3.23. The normalized spacial score (nSPS) is 33.5. The van der Waals surface area contributed by atoms with Crippen LogP contribution in [0.5, 0.6) is 0 Å². The summed E-state index contributed by atoms with van der Waals surface area (Å²) in [7, 11) is 0. The molecule has 1 heterocycles. The zero-order chi connectivity index (χ0) is 9.68. The lowest BCUT2D eigenvalue weighted by Crippen LogP contribution is -2.21. The number of hydrogen-bond donors (Lipinski definition) is 1. The minimum Gasteiger partial charge on any atom is -0.380 e. The van der Waals surface area contributed by atoms with Crippen molar-refractivity contribution in [1.29, 1.82) is 0 Å². The second-order valence-corrected chi connectivity index (χ2v) is 3.32. The Labute approximate surface area is 79.8 Å². The van der Waals surface area contributed by atoms with Gasteiger partial charge in [-0.15, -0.1) is 0 Å². The Kier molecular flexibility index (Phi) is 3.50. The van der Waals surface area contributed by atoms with E-state index in [0.29, 0.717) is 5.92 Å². The molecule has 13 heavy (non-hydrogen) atoms. The minimum atomic E-state index is 0.280. The lowest BCUT2D eigenvalue weighted by atomic mass is 10.1. The van der Waals surface area contributed by atoms with Crippen molar-refractivity contribution in [3.63, 3.8) is 0 Å². The molecule has 0 saturated heterocycles. The second kappa shape index (κ2) is 4.65. The molecular weight excluding hydrogens is 160 g/mol. The Morgan fingerprint density at radius 1 is 1.38 bits per heavy atom. The van der Waals surface area contributed by atoms with Gasteiger partial charge in [0.1, 0.15) is 0 Å². The lowest BCUT2D eigenvalue weighted by Gasteiger charge is -2.11. The van der Waals surface area contributed by atoms with E-state index < -0.39 is 0 Å². The highest BCUT2D eigenvalue weighted by Gasteiger charge is 1.97. The average molecular weight is 176 g/mol. The van der Waals surface area contributed by atoms with Gasteiger partial charge in [-0.2, -0.15) is 0 Å². The summed E-state index contributed by atoms with van der Waals surface area (Å²) in [6, 6.07) is 0.280. The molecule has 0 aromatic rings. The van der Waals surface area contributed by atoms with Crippen LogP contribution in [-0.2, 0) is 0 Å². The van der Waals surface area contributed by atoms with Gasteiger partial charge in [-0.25, -0.2) is 0 Å². The van der Waals surface area contributed by atoms with E-state index in [9.17, 15) is 0 Å². The monoisotopic (exact) mass is 176 g/mol. The van der Waals surface area contributed by atoms with E-state index in [-0.39, 0.29) is 6.04 Å². The Morgan fingerprint density at radius 3 is 2.92 bits per heavy atom. The summed E-state index contributed by atoms with van der Waals surface area (Å²) in [5.41, 5.74) is 0.944. The third kappa shape index (κ3) is 3.74. The number of nitrogens with one attached hydrogen (secondary N) is 1. The summed E-state index contributed by atoms with van der Waals surface area (Å²) in [6.45, 7) is 8.05. The lowest BCUT2D eigenvalue weighted by molar-refractivity contribution is 0.742. The van der Waals surface area contributed by atoms with Crippen molar-refractivity contribution in [3.8, 4) is 0 Å². The van der Waals surface area contributed by atoms with Gasteiger partial charge in [-0.05, 0) is 19.1 Å². The standard InChI is InChI=1S/C11H16N2/c1-9-4-5-10(2)13-11(3)6-7-12-8-9/h4-9,11,13H,2H2,1,3H3/b5-4-,7-6-,12-8?. The van der Waals surface area contributed by atoms with E-state index in [0.717, 1.165) is 5.70 Å². The Hall–Kier alpha value is -1.31. The molecule has 0 saturated carbocycles. The zero-order valence-corrected chi connectivity index (χ0v) is 8.20. The summed E-state index contributed by atoms with van der Waals surface area (Å²) in [5.74, 6) is 0.358. The van der Waals surface area contributed by atoms with Gasteiger partial charge in [-0.3, -0.25) is 4.99 Å². The number of rotatable bonds is 0. The van der Waals surface area contributed by atoms with E-state index in [1.807, 2.05) is 24.6 Å². The number of hydrogen-bond acceptors (Lipinski definition) is 2. The van der Waals surface area contributed by atoms with Crippen molar-refractivity contribution >= 4 is 6.21 Å². The van der Waals surface area contributed by atoms with Gasteiger partial charge < -0.3 is 5.32 Å². The van der Waals surface area contributed by atoms with Crippen LogP contribution in [0.4, 0.5) is 0 Å². The molecule has 1 aliphatic heterocycles. The van der Waals surface area contributed by atoms with Gasteiger partial charge in [0.2, 0.25) is 0 Å². The molecule has 0 aliphatic carbocycles. The largest absolute Gasteiger partial charge is 0.380 e. The highest BCUT2D eigenvalue weighted by molar-refractivity contribution is 5.63. The highest BCUT2D eigenvalue weighted by Crippen LogP contribution is 2.00. The van der Waals surface area contributed by atoms with Gasteiger partial charge in [0.05, 0.1) is 0 Å². The molecule has 0 fully saturated rings. The molecule has 2 nitrogen and oxygen atoms in total. The van der Waals surface area contributed by atoms with Crippen LogP contribution in [0.2, 0.25) is 0 Å². The summed E-state index contributed by atoms with van der Waals surface area (Å²) >= 11 is 0. The van der Waals surface area contributed by atoms with Crippen molar-refractivity contribution in [2.24, 2.45) is 10.9 Å². The maximum atomic E-state index is 4.16. The topological polar surface area (TPSA) is 24.4 Å². The Bertz CT molecular complexity index is 261. The van der Waals surface area contributed by atoms with Crippen LogP contribution in [0.15, 0.2) is 41.7 Å². The van der Waals surface area contributed by atoms with Crippen molar-refractivity contribution in [3.05, 3.63) is 36.7 Å². The fourth-order valence-electron chi connectivity index (χ4n) is 1.07. The predicted octanol–water partition coefficient (Wildman–Crippen LogP) is 2.27. The predicted molar refractivity (Wildman–Crippen MR) is 57.7 cm³/mol. The van der Waals surface area contributed by atoms with Crippen LogP contribution < -0.4 is 5.32 Å². The molecule has 1 aliphatic rings. The van der Waals surface area contributed by atoms with Crippen LogP contribution >= 0.6 is 0 Å². The van der Waals surface area contributed by atoms with Gasteiger partial charge >= 0.3 is 0 Å². The number of nitrogens with zero attached hydrogens (tertiary/aromatic N) is 1. The smallest absolute Gasteiger partial charge is 0.0433 e.